The summed E-state index contributed by atoms with van der Waals surface area (Å²) in [5.74, 6) is 0. The number of benzene rings is 5. The van der Waals surface area contributed by atoms with Crippen molar-refractivity contribution in [3.8, 4) is 22.3 Å². The first kappa shape index (κ1) is 22.1. The number of anilines is 2. The molecular formula is C35H29N. The van der Waals surface area contributed by atoms with E-state index in [9.17, 15) is 0 Å². The van der Waals surface area contributed by atoms with E-state index in [0.717, 1.165) is 6.54 Å². The highest BCUT2D eigenvalue weighted by molar-refractivity contribution is 6.03. The van der Waals surface area contributed by atoms with Crippen molar-refractivity contribution in [3.05, 3.63) is 144 Å². The van der Waals surface area contributed by atoms with Crippen LogP contribution in [0.2, 0.25) is 0 Å². The molecule has 174 valence electrons. The molecule has 0 radical (unpaired) electrons. The van der Waals surface area contributed by atoms with Crippen LogP contribution in [0, 0.1) is 13.8 Å². The van der Waals surface area contributed by atoms with E-state index >= 15 is 0 Å². The van der Waals surface area contributed by atoms with Crippen LogP contribution in [-0.4, -0.2) is 6.54 Å². The monoisotopic (exact) mass is 463 g/mol. The topological polar surface area (TPSA) is 3.24 Å². The minimum absolute atomic E-state index is 0.817. The highest BCUT2D eigenvalue weighted by Crippen LogP contribution is 2.47. The average Bonchev–Trinajstić information content (AvgIpc) is 2.94. The van der Waals surface area contributed by atoms with Gasteiger partial charge in [-0.05, 0) is 59.9 Å². The van der Waals surface area contributed by atoms with Crippen molar-refractivity contribution in [2.75, 3.05) is 11.4 Å². The van der Waals surface area contributed by atoms with Crippen molar-refractivity contribution in [1.29, 1.82) is 0 Å². The fourth-order valence-electron chi connectivity index (χ4n) is 5.12. The second-order valence-electron chi connectivity index (χ2n) is 9.61. The minimum atomic E-state index is 0.817. The standard InChI is InChI=1S/C35H29N/c1-25-13-17-28(18-14-25)32-21-22-33(29-19-15-26(2)16-20-29)35-34(32)23-30(27-9-5-3-6-10-27)24-36(35)31-11-7-4-8-12-31/h3-23H,24H2,1-2H3. The van der Waals surface area contributed by atoms with Crippen molar-refractivity contribution in [2.45, 2.75) is 13.8 Å². The molecule has 0 unspecified atom stereocenters. The van der Waals surface area contributed by atoms with Crippen molar-refractivity contribution < 1.29 is 0 Å². The summed E-state index contributed by atoms with van der Waals surface area (Å²) in [7, 11) is 0. The van der Waals surface area contributed by atoms with Crippen molar-refractivity contribution >= 4 is 23.0 Å². The summed E-state index contributed by atoms with van der Waals surface area (Å²) in [5.41, 5.74) is 13.9. The zero-order valence-corrected chi connectivity index (χ0v) is 20.8. The Balaban J connectivity index is 1.66. The lowest BCUT2D eigenvalue weighted by Crippen LogP contribution is -2.24. The minimum Gasteiger partial charge on any atom is -0.336 e. The van der Waals surface area contributed by atoms with E-state index in [0.29, 0.717) is 0 Å². The maximum Gasteiger partial charge on any atom is 0.0573 e. The molecule has 0 saturated carbocycles. The van der Waals surface area contributed by atoms with Gasteiger partial charge in [-0.25, -0.2) is 0 Å². The molecule has 0 aliphatic carbocycles. The zero-order chi connectivity index (χ0) is 24.5. The molecule has 0 spiro atoms. The molecule has 5 aromatic rings. The van der Waals surface area contributed by atoms with Gasteiger partial charge in [0.1, 0.15) is 0 Å². The second kappa shape index (κ2) is 9.36. The number of para-hydroxylation sites is 1. The summed E-state index contributed by atoms with van der Waals surface area (Å²) in [6.45, 7) is 5.10. The third-order valence-corrected chi connectivity index (χ3v) is 7.07. The molecule has 0 saturated heterocycles. The highest BCUT2D eigenvalue weighted by atomic mass is 15.1. The predicted octanol–water partition coefficient (Wildman–Crippen LogP) is 9.33. The first-order valence-corrected chi connectivity index (χ1v) is 12.6. The maximum absolute atomic E-state index is 2.49. The van der Waals surface area contributed by atoms with Gasteiger partial charge in [-0.15, -0.1) is 0 Å². The molecule has 0 aromatic heterocycles. The van der Waals surface area contributed by atoms with Crippen molar-refractivity contribution in [2.24, 2.45) is 0 Å². The first-order chi connectivity index (χ1) is 17.7. The van der Waals surface area contributed by atoms with Gasteiger partial charge in [-0.3, -0.25) is 0 Å². The van der Waals surface area contributed by atoms with Gasteiger partial charge in [0.25, 0.3) is 0 Å². The third-order valence-electron chi connectivity index (χ3n) is 7.07. The van der Waals surface area contributed by atoms with Crippen molar-refractivity contribution in [3.63, 3.8) is 0 Å². The molecule has 1 aliphatic rings. The summed E-state index contributed by atoms with van der Waals surface area (Å²) < 4.78 is 0. The Kier molecular flexibility index (Phi) is 5.75. The van der Waals surface area contributed by atoms with E-state index in [-0.39, 0.29) is 0 Å². The van der Waals surface area contributed by atoms with E-state index in [4.69, 9.17) is 0 Å². The van der Waals surface area contributed by atoms with Gasteiger partial charge < -0.3 is 4.90 Å². The first-order valence-electron chi connectivity index (χ1n) is 12.6. The highest BCUT2D eigenvalue weighted by Gasteiger charge is 2.26. The van der Waals surface area contributed by atoms with Crippen LogP contribution in [0.15, 0.2) is 121 Å². The molecule has 0 fully saturated rings. The molecule has 0 N–H and O–H groups in total. The Labute approximate surface area is 214 Å². The Bertz CT molecular complexity index is 1530. The quantitative estimate of drug-likeness (QED) is 0.257. The lowest BCUT2D eigenvalue weighted by Gasteiger charge is -2.35. The van der Waals surface area contributed by atoms with Crippen molar-refractivity contribution in [1.82, 2.24) is 0 Å². The summed E-state index contributed by atoms with van der Waals surface area (Å²) in [6, 6.07) is 44.0. The van der Waals surface area contributed by atoms with Gasteiger partial charge in [0.05, 0.1) is 5.69 Å². The van der Waals surface area contributed by atoms with Gasteiger partial charge in [-0.1, -0.05) is 120 Å². The molecule has 5 aromatic carbocycles. The smallest absolute Gasteiger partial charge is 0.0573 e. The molecule has 0 atom stereocenters. The summed E-state index contributed by atoms with van der Waals surface area (Å²) in [6.07, 6.45) is 2.41. The summed E-state index contributed by atoms with van der Waals surface area (Å²) in [5, 5.41) is 0. The molecule has 1 aliphatic heterocycles. The fourth-order valence-corrected chi connectivity index (χ4v) is 5.12. The summed E-state index contributed by atoms with van der Waals surface area (Å²) >= 11 is 0. The van der Waals surface area contributed by atoms with Crippen LogP contribution in [0.5, 0.6) is 0 Å². The molecule has 0 amide bonds. The van der Waals surface area contributed by atoms with E-state index < -0.39 is 0 Å². The van der Waals surface area contributed by atoms with Crippen LogP contribution in [0.3, 0.4) is 0 Å². The van der Waals surface area contributed by atoms with Crippen LogP contribution in [-0.2, 0) is 0 Å². The van der Waals surface area contributed by atoms with Crippen LogP contribution < -0.4 is 4.90 Å². The fraction of sp³-hybridized carbons (Fsp3) is 0.0857. The van der Waals surface area contributed by atoms with Gasteiger partial charge in [0.2, 0.25) is 0 Å². The van der Waals surface area contributed by atoms with E-state index in [1.165, 1.54) is 61.5 Å². The van der Waals surface area contributed by atoms with Gasteiger partial charge in [0.15, 0.2) is 0 Å². The Morgan fingerprint density at radius 1 is 0.500 bits per heavy atom. The van der Waals surface area contributed by atoms with E-state index in [1.54, 1.807) is 0 Å². The molecule has 36 heavy (non-hydrogen) atoms. The van der Waals surface area contributed by atoms with Crippen LogP contribution in [0.4, 0.5) is 11.4 Å². The van der Waals surface area contributed by atoms with Gasteiger partial charge >= 0.3 is 0 Å². The second-order valence-corrected chi connectivity index (χ2v) is 9.61. The van der Waals surface area contributed by atoms with E-state index in [2.05, 4.69) is 146 Å². The lowest BCUT2D eigenvalue weighted by atomic mass is 9.86. The van der Waals surface area contributed by atoms with Crippen LogP contribution in [0.25, 0.3) is 33.9 Å². The third kappa shape index (κ3) is 4.14. The number of aryl methyl sites for hydroxylation is 2. The van der Waals surface area contributed by atoms with Gasteiger partial charge in [-0.2, -0.15) is 0 Å². The largest absolute Gasteiger partial charge is 0.336 e. The van der Waals surface area contributed by atoms with Crippen LogP contribution >= 0.6 is 0 Å². The summed E-state index contributed by atoms with van der Waals surface area (Å²) in [4.78, 5) is 2.49. The normalized spacial score (nSPS) is 12.7. The molecule has 1 nitrogen and oxygen atoms in total. The SMILES string of the molecule is Cc1ccc(-c2ccc(-c3ccc(C)cc3)c3c2C=C(c2ccccc2)CN3c2ccccc2)cc1. The molecular weight excluding hydrogens is 434 g/mol. The number of fused-ring (bicyclic) bond motifs is 1. The predicted molar refractivity (Wildman–Crippen MR) is 155 cm³/mol. The number of hydrogen-bond acceptors (Lipinski definition) is 1. The molecule has 0 bridgehead atoms. The number of nitrogens with zero attached hydrogens (tertiary/aromatic N) is 1. The van der Waals surface area contributed by atoms with Crippen LogP contribution in [0.1, 0.15) is 22.3 Å². The Morgan fingerprint density at radius 2 is 1.03 bits per heavy atom. The van der Waals surface area contributed by atoms with Gasteiger partial charge in [0, 0.05) is 23.4 Å². The number of rotatable bonds is 4. The Morgan fingerprint density at radius 3 is 1.64 bits per heavy atom. The molecule has 1 heterocycles. The molecule has 1 heteroatoms. The maximum atomic E-state index is 2.49. The lowest BCUT2D eigenvalue weighted by molar-refractivity contribution is 1.10. The van der Waals surface area contributed by atoms with E-state index in [1.807, 2.05) is 0 Å². The zero-order valence-electron chi connectivity index (χ0n) is 20.8. The molecule has 6 rings (SSSR count). The number of hydrogen-bond donors (Lipinski definition) is 0. The average molecular weight is 464 g/mol. The Hall–Kier alpha value is -4.36.